The Balaban J connectivity index is 2.48. The molecule has 0 aromatic rings. The van der Waals surface area contributed by atoms with Crippen LogP contribution in [0.25, 0.3) is 0 Å². The summed E-state index contributed by atoms with van der Waals surface area (Å²) in [5.41, 5.74) is -0.789. The van der Waals surface area contributed by atoms with Crippen molar-refractivity contribution in [1.29, 1.82) is 0 Å². The molecular weight excluding hydrogens is 268 g/mol. The van der Waals surface area contributed by atoms with Crippen LogP contribution in [0.1, 0.15) is 6.42 Å². The van der Waals surface area contributed by atoms with Gasteiger partial charge in [0.15, 0.2) is 6.61 Å². The van der Waals surface area contributed by atoms with Gasteiger partial charge in [0.1, 0.15) is 0 Å². The third-order valence-corrected chi connectivity index (χ3v) is 2.19. The quantitative estimate of drug-likeness (QED) is 0.545. The number of carbonyl (C=O) groups is 1. The largest absolute Gasteiger partial charge is 0.440 e. The van der Waals surface area contributed by atoms with E-state index in [0.29, 0.717) is 0 Å². The number of halogens is 6. The van der Waals surface area contributed by atoms with Crippen LogP contribution in [-0.4, -0.2) is 43.0 Å². The topological polar surface area (TPSA) is 29.5 Å². The summed E-state index contributed by atoms with van der Waals surface area (Å²) in [6.07, 6.45) is -10.1. The van der Waals surface area contributed by atoms with Crippen molar-refractivity contribution in [2.75, 3.05) is 19.7 Å². The maximum atomic E-state index is 12.2. The molecule has 0 unspecified atom stereocenters. The van der Waals surface area contributed by atoms with Gasteiger partial charge in [-0.1, -0.05) is 6.08 Å². The number of hydrogen-bond donors (Lipinski definition) is 0. The molecule has 0 aromatic carbocycles. The molecule has 1 rings (SSSR count). The molecule has 0 saturated carbocycles. The number of hydrogen-bond acceptors (Lipinski definition) is 2. The molecule has 0 aliphatic carbocycles. The Kier molecular flexibility index (Phi) is 4.12. The second-order valence-corrected chi connectivity index (χ2v) is 3.59. The molecule has 0 radical (unpaired) electrons. The number of alkyl halides is 6. The van der Waals surface area contributed by atoms with E-state index in [2.05, 4.69) is 4.74 Å². The minimum Gasteiger partial charge on any atom is -0.440 e. The van der Waals surface area contributed by atoms with Crippen LogP contribution in [0.4, 0.5) is 31.1 Å². The molecule has 0 bridgehead atoms. The lowest BCUT2D eigenvalue weighted by atomic mass is 10.1. The second kappa shape index (κ2) is 5.07. The number of rotatable bonds is 1. The first-order valence-corrected chi connectivity index (χ1v) is 4.84. The molecule has 3 nitrogen and oxygen atoms in total. The Labute approximate surface area is 98.0 Å². The number of ether oxygens (including phenoxy) is 1. The first kappa shape index (κ1) is 14.7. The molecule has 0 aromatic heterocycles. The zero-order valence-electron chi connectivity index (χ0n) is 8.94. The van der Waals surface area contributed by atoms with Gasteiger partial charge in [0, 0.05) is 18.7 Å². The predicted octanol–water partition coefficient (Wildman–Crippen LogP) is 2.88. The van der Waals surface area contributed by atoms with Crippen molar-refractivity contribution >= 4 is 6.09 Å². The zero-order valence-corrected chi connectivity index (χ0v) is 8.94. The van der Waals surface area contributed by atoms with Crippen molar-refractivity contribution in [2.24, 2.45) is 0 Å². The van der Waals surface area contributed by atoms with Crippen molar-refractivity contribution in [3.63, 3.8) is 0 Å². The second-order valence-electron chi connectivity index (χ2n) is 3.59. The summed E-state index contributed by atoms with van der Waals surface area (Å²) in [6.45, 7) is -2.48. The Morgan fingerprint density at radius 3 is 2.28 bits per heavy atom. The normalized spacial score (nSPS) is 17.4. The van der Waals surface area contributed by atoms with Crippen LogP contribution >= 0.6 is 0 Å². The molecule has 1 aliphatic rings. The molecule has 0 saturated heterocycles. The van der Waals surface area contributed by atoms with E-state index in [0.717, 1.165) is 11.0 Å². The Morgan fingerprint density at radius 1 is 1.28 bits per heavy atom. The van der Waals surface area contributed by atoms with E-state index < -0.39 is 43.6 Å². The zero-order chi connectivity index (χ0) is 14.0. The minimum absolute atomic E-state index is 0.317. The highest BCUT2D eigenvalue weighted by Crippen LogP contribution is 2.30. The van der Waals surface area contributed by atoms with Gasteiger partial charge < -0.3 is 9.64 Å². The average molecular weight is 277 g/mol. The summed E-state index contributed by atoms with van der Waals surface area (Å²) in [7, 11) is 0. The van der Waals surface area contributed by atoms with Gasteiger partial charge in [-0.3, -0.25) is 0 Å². The third-order valence-electron chi connectivity index (χ3n) is 2.19. The fourth-order valence-corrected chi connectivity index (χ4v) is 1.33. The molecule has 1 amide bonds. The van der Waals surface area contributed by atoms with Crippen LogP contribution in [0.2, 0.25) is 0 Å². The summed E-state index contributed by atoms with van der Waals surface area (Å²) in [5, 5.41) is 0. The van der Waals surface area contributed by atoms with Crippen LogP contribution in [-0.2, 0) is 4.74 Å². The van der Waals surface area contributed by atoms with E-state index in [9.17, 15) is 31.1 Å². The lowest BCUT2D eigenvalue weighted by Crippen LogP contribution is -2.38. The van der Waals surface area contributed by atoms with E-state index in [1.54, 1.807) is 0 Å². The first-order valence-electron chi connectivity index (χ1n) is 4.84. The molecular formula is C9H9F6NO2. The van der Waals surface area contributed by atoms with Gasteiger partial charge in [-0.15, -0.1) is 0 Å². The first-order chi connectivity index (χ1) is 8.09. The van der Waals surface area contributed by atoms with Crippen LogP contribution in [0.15, 0.2) is 11.6 Å². The van der Waals surface area contributed by atoms with Crippen molar-refractivity contribution in [3.05, 3.63) is 11.6 Å². The SMILES string of the molecule is O=C(OCC(F)(F)F)N1CC=C(C(F)(F)F)CC1. The monoisotopic (exact) mass is 277 g/mol. The molecule has 104 valence electrons. The fraction of sp³-hybridized carbons (Fsp3) is 0.667. The number of amides is 1. The van der Waals surface area contributed by atoms with Crippen molar-refractivity contribution in [3.8, 4) is 0 Å². The Morgan fingerprint density at radius 2 is 1.89 bits per heavy atom. The molecule has 0 atom stereocenters. The van der Waals surface area contributed by atoms with Gasteiger partial charge in [-0.2, -0.15) is 26.3 Å². The van der Waals surface area contributed by atoms with Gasteiger partial charge in [-0.05, 0) is 6.42 Å². The highest BCUT2D eigenvalue weighted by molar-refractivity contribution is 5.68. The summed E-state index contributed by atoms with van der Waals surface area (Å²) < 4.78 is 75.8. The molecule has 1 aliphatic heterocycles. The molecule has 1 heterocycles. The van der Waals surface area contributed by atoms with Crippen LogP contribution < -0.4 is 0 Å². The standard InChI is InChI=1S/C9H9F6NO2/c10-8(11,12)5-18-7(17)16-3-1-6(2-4-16)9(13,14)15/h1H,2-5H2. The van der Waals surface area contributed by atoms with Crippen molar-refractivity contribution in [1.82, 2.24) is 4.90 Å². The molecule has 0 N–H and O–H groups in total. The number of carbonyl (C=O) groups excluding carboxylic acids is 1. The van der Waals surface area contributed by atoms with E-state index >= 15 is 0 Å². The molecule has 18 heavy (non-hydrogen) atoms. The molecule has 9 heteroatoms. The van der Waals surface area contributed by atoms with Gasteiger partial charge in [0.05, 0.1) is 0 Å². The summed E-state index contributed by atoms with van der Waals surface area (Å²) >= 11 is 0. The van der Waals surface area contributed by atoms with E-state index in [1.807, 2.05) is 0 Å². The van der Waals surface area contributed by atoms with Crippen molar-refractivity contribution < 1.29 is 35.9 Å². The average Bonchev–Trinajstić information content (AvgIpc) is 2.24. The van der Waals surface area contributed by atoms with Gasteiger partial charge >= 0.3 is 18.4 Å². The minimum atomic E-state index is -4.65. The summed E-state index contributed by atoms with van der Waals surface area (Å²) in [6, 6.07) is 0. The van der Waals surface area contributed by atoms with Crippen LogP contribution in [0, 0.1) is 0 Å². The Bertz CT molecular complexity index is 346. The van der Waals surface area contributed by atoms with Gasteiger partial charge in [-0.25, -0.2) is 4.79 Å². The van der Waals surface area contributed by atoms with E-state index in [1.165, 1.54) is 0 Å². The lowest BCUT2D eigenvalue weighted by molar-refractivity contribution is -0.162. The van der Waals surface area contributed by atoms with E-state index in [-0.39, 0.29) is 6.54 Å². The van der Waals surface area contributed by atoms with Gasteiger partial charge in [0.2, 0.25) is 0 Å². The highest BCUT2D eigenvalue weighted by Gasteiger charge is 2.36. The lowest BCUT2D eigenvalue weighted by Gasteiger charge is -2.26. The van der Waals surface area contributed by atoms with Crippen LogP contribution in [0.3, 0.4) is 0 Å². The van der Waals surface area contributed by atoms with Crippen molar-refractivity contribution in [2.45, 2.75) is 18.8 Å². The maximum Gasteiger partial charge on any atom is 0.422 e. The van der Waals surface area contributed by atoms with Crippen LogP contribution in [0.5, 0.6) is 0 Å². The number of nitrogens with zero attached hydrogens (tertiary/aromatic N) is 1. The van der Waals surface area contributed by atoms with E-state index in [4.69, 9.17) is 0 Å². The Hall–Kier alpha value is -1.41. The van der Waals surface area contributed by atoms with Gasteiger partial charge in [0.25, 0.3) is 0 Å². The maximum absolute atomic E-state index is 12.2. The summed E-state index contributed by atoms with van der Waals surface area (Å²) in [4.78, 5) is 11.9. The highest BCUT2D eigenvalue weighted by atomic mass is 19.4. The fourth-order valence-electron chi connectivity index (χ4n) is 1.33. The third kappa shape index (κ3) is 4.46. The predicted molar refractivity (Wildman–Crippen MR) is 47.7 cm³/mol. The molecule has 0 spiro atoms. The molecule has 0 fully saturated rings. The smallest absolute Gasteiger partial charge is 0.422 e. The summed E-state index contributed by atoms with van der Waals surface area (Å²) in [5.74, 6) is 0.